The van der Waals surface area contributed by atoms with E-state index in [4.69, 9.17) is 4.74 Å². The maximum absolute atomic E-state index is 6.00. The van der Waals surface area contributed by atoms with Gasteiger partial charge in [0.25, 0.3) is 0 Å². The largest absolute Gasteiger partial charge is 0.493 e. The molecular formula is C18H20Br2O. The smallest absolute Gasteiger partial charge is 0.126 e. The fourth-order valence-corrected chi connectivity index (χ4v) is 3.39. The van der Waals surface area contributed by atoms with Crippen LogP contribution in [0.2, 0.25) is 0 Å². The van der Waals surface area contributed by atoms with Crippen LogP contribution in [0.1, 0.15) is 29.5 Å². The Balaban J connectivity index is 1.81. The molecule has 21 heavy (non-hydrogen) atoms. The van der Waals surface area contributed by atoms with Crippen LogP contribution in [0, 0.1) is 6.92 Å². The van der Waals surface area contributed by atoms with Gasteiger partial charge in [0.05, 0.1) is 6.61 Å². The number of benzene rings is 2. The van der Waals surface area contributed by atoms with Crippen molar-refractivity contribution in [2.45, 2.75) is 31.5 Å². The molecule has 0 aliphatic heterocycles. The second-order valence-corrected chi connectivity index (χ2v) is 6.61. The summed E-state index contributed by atoms with van der Waals surface area (Å²) < 4.78 is 7.10. The third-order valence-electron chi connectivity index (χ3n) is 3.41. The van der Waals surface area contributed by atoms with Crippen LogP contribution >= 0.6 is 31.9 Å². The van der Waals surface area contributed by atoms with Crippen LogP contribution in [0.5, 0.6) is 5.75 Å². The van der Waals surface area contributed by atoms with Crippen molar-refractivity contribution in [2.75, 3.05) is 6.61 Å². The molecule has 0 fully saturated rings. The first-order valence-corrected chi connectivity index (χ1v) is 9.14. The fraction of sp³-hybridized carbons (Fsp3) is 0.333. The first kappa shape index (κ1) is 16.6. The molecule has 0 heterocycles. The Bertz CT molecular complexity index is 567. The summed E-state index contributed by atoms with van der Waals surface area (Å²) in [5.41, 5.74) is 3.78. The summed E-state index contributed by atoms with van der Waals surface area (Å²) in [6.07, 6.45) is 3.35. The van der Waals surface area contributed by atoms with Crippen LogP contribution in [0.4, 0.5) is 0 Å². The Kier molecular flexibility index (Phi) is 6.78. The lowest BCUT2D eigenvalue weighted by atomic mass is 10.1. The number of unbranched alkanes of at least 4 members (excludes halogenated alkanes) is 1. The van der Waals surface area contributed by atoms with Crippen molar-refractivity contribution in [2.24, 2.45) is 0 Å². The molecule has 0 bridgehead atoms. The first-order valence-electron chi connectivity index (χ1n) is 7.22. The van der Waals surface area contributed by atoms with Crippen LogP contribution < -0.4 is 4.74 Å². The van der Waals surface area contributed by atoms with E-state index in [0.29, 0.717) is 0 Å². The summed E-state index contributed by atoms with van der Waals surface area (Å²) >= 11 is 7.06. The molecule has 1 nitrogen and oxygen atoms in total. The van der Waals surface area contributed by atoms with Gasteiger partial charge in [-0.25, -0.2) is 0 Å². The summed E-state index contributed by atoms with van der Waals surface area (Å²) in [7, 11) is 0. The van der Waals surface area contributed by atoms with E-state index in [1.54, 1.807) is 0 Å². The van der Waals surface area contributed by atoms with Crippen molar-refractivity contribution in [3.63, 3.8) is 0 Å². The van der Waals surface area contributed by atoms with E-state index >= 15 is 0 Å². The molecule has 3 heteroatoms. The average Bonchev–Trinajstić information content (AvgIpc) is 2.49. The molecular weight excluding hydrogens is 392 g/mol. The van der Waals surface area contributed by atoms with Gasteiger partial charge in [0.15, 0.2) is 0 Å². The number of alkyl halides is 1. The Morgan fingerprint density at radius 2 is 1.81 bits per heavy atom. The van der Waals surface area contributed by atoms with Crippen molar-refractivity contribution in [1.82, 2.24) is 0 Å². The fourth-order valence-electron chi connectivity index (χ4n) is 2.36. The molecule has 0 N–H and O–H groups in total. The van der Waals surface area contributed by atoms with Gasteiger partial charge in [0.2, 0.25) is 0 Å². The maximum Gasteiger partial charge on any atom is 0.126 e. The van der Waals surface area contributed by atoms with Gasteiger partial charge in [-0.15, -0.1) is 0 Å². The van der Waals surface area contributed by atoms with Crippen molar-refractivity contribution < 1.29 is 4.74 Å². The molecule has 0 saturated heterocycles. The lowest BCUT2D eigenvalue weighted by Gasteiger charge is -2.13. The number of hydrogen-bond donors (Lipinski definition) is 0. The van der Waals surface area contributed by atoms with Crippen molar-refractivity contribution in [3.05, 3.63) is 63.6 Å². The first-order chi connectivity index (χ1) is 10.2. The van der Waals surface area contributed by atoms with Crippen LogP contribution in [0.15, 0.2) is 46.9 Å². The number of rotatable bonds is 7. The van der Waals surface area contributed by atoms with Crippen molar-refractivity contribution in [3.8, 4) is 5.75 Å². The van der Waals surface area contributed by atoms with Gasteiger partial charge in [0.1, 0.15) is 5.75 Å². The highest BCUT2D eigenvalue weighted by Crippen LogP contribution is 2.29. The Morgan fingerprint density at radius 3 is 2.52 bits per heavy atom. The number of halogens is 2. The highest BCUT2D eigenvalue weighted by atomic mass is 79.9. The molecule has 0 unspecified atom stereocenters. The normalized spacial score (nSPS) is 10.6. The molecule has 0 atom stereocenters. The third-order valence-corrected chi connectivity index (χ3v) is 4.47. The van der Waals surface area contributed by atoms with Gasteiger partial charge >= 0.3 is 0 Å². The number of ether oxygens (including phenoxy) is 1. The predicted octanol–water partition coefficient (Wildman–Crippen LogP) is 6.05. The average molecular weight is 412 g/mol. The zero-order chi connectivity index (χ0) is 15.1. The van der Waals surface area contributed by atoms with E-state index in [9.17, 15) is 0 Å². The highest BCUT2D eigenvalue weighted by molar-refractivity contribution is 9.10. The van der Waals surface area contributed by atoms with Crippen molar-refractivity contribution in [1.29, 1.82) is 0 Å². The van der Waals surface area contributed by atoms with Gasteiger partial charge in [-0.2, -0.15) is 0 Å². The van der Waals surface area contributed by atoms with Crippen LogP contribution in [0.3, 0.4) is 0 Å². The molecule has 112 valence electrons. The molecule has 0 amide bonds. The molecule has 0 aromatic heterocycles. The summed E-state index contributed by atoms with van der Waals surface area (Å²) in [6, 6.07) is 14.8. The van der Waals surface area contributed by atoms with E-state index in [0.717, 1.165) is 41.4 Å². The lowest BCUT2D eigenvalue weighted by molar-refractivity contribution is 0.303. The topological polar surface area (TPSA) is 9.23 Å². The lowest BCUT2D eigenvalue weighted by Crippen LogP contribution is -2.02. The molecule has 2 rings (SSSR count). The van der Waals surface area contributed by atoms with Gasteiger partial charge in [0, 0.05) is 15.4 Å². The highest BCUT2D eigenvalue weighted by Gasteiger charge is 2.08. The molecule has 0 aliphatic rings. The zero-order valence-electron chi connectivity index (χ0n) is 12.2. The molecule has 2 aromatic rings. The van der Waals surface area contributed by atoms with Gasteiger partial charge in [-0.05, 0) is 49.4 Å². The monoisotopic (exact) mass is 410 g/mol. The second-order valence-electron chi connectivity index (χ2n) is 5.14. The van der Waals surface area contributed by atoms with Gasteiger partial charge in [-0.3, -0.25) is 0 Å². The van der Waals surface area contributed by atoms with Crippen molar-refractivity contribution >= 4 is 31.9 Å². The van der Waals surface area contributed by atoms with Crippen LogP contribution in [-0.4, -0.2) is 6.61 Å². The van der Waals surface area contributed by atoms with Crippen LogP contribution in [-0.2, 0) is 11.8 Å². The zero-order valence-corrected chi connectivity index (χ0v) is 15.4. The van der Waals surface area contributed by atoms with E-state index in [-0.39, 0.29) is 0 Å². The minimum Gasteiger partial charge on any atom is -0.493 e. The predicted molar refractivity (Wildman–Crippen MR) is 96.4 cm³/mol. The van der Waals surface area contributed by atoms with E-state index in [1.807, 2.05) is 0 Å². The molecule has 0 spiro atoms. The number of aryl methyl sites for hydroxylation is 2. The van der Waals surface area contributed by atoms with E-state index in [2.05, 4.69) is 81.2 Å². The minimum atomic E-state index is 0.773. The quantitative estimate of drug-likeness (QED) is 0.397. The summed E-state index contributed by atoms with van der Waals surface area (Å²) in [6.45, 7) is 2.87. The minimum absolute atomic E-state index is 0.773. The third kappa shape index (κ3) is 5.15. The molecule has 0 radical (unpaired) electrons. The van der Waals surface area contributed by atoms with Gasteiger partial charge < -0.3 is 4.74 Å². The summed E-state index contributed by atoms with van der Waals surface area (Å²) in [5, 5.41) is 0.812. The Labute approximate surface area is 144 Å². The Morgan fingerprint density at radius 1 is 1.05 bits per heavy atom. The molecule has 0 saturated carbocycles. The number of hydrogen-bond acceptors (Lipinski definition) is 1. The second kappa shape index (κ2) is 8.60. The summed E-state index contributed by atoms with van der Waals surface area (Å²) in [4.78, 5) is 0. The van der Waals surface area contributed by atoms with E-state index < -0.39 is 0 Å². The standard InChI is InChI=1S/C18H20Br2O/c1-14-11-17(20)12-16(13-19)18(14)21-10-6-5-9-15-7-3-2-4-8-15/h2-4,7-8,11-12H,5-6,9-10,13H2,1H3. The molecule has 0 aliphatic carbocycles. The van der Waals surface area contributed by atoms with E-state index in [1.165, 1.54) is 16.7 Å². The Hall–Kier alpha value is -0.800. The summed E-state index contributed by atoms with van der Waals surface area (Å²) in [5.74, 6) is 1.02. The maximum atomic E-state index is 6.00. The molecule has 2 aromatic carbocycles. The van der Waals surface area contributed by atoms with Gasteiger partial charge in [-0.1, -0.05) is 62.2 Å². The SMILES string of the molecule is Cc1cc(Br)cc(CBr)c1OCCCCc1ccccc1. The van der Waals surface area contributed by atoms with Crippen LogP contribution in [0.25, 0.3) is 0 Å².